The predicted molar refractivity (Wildman–Crippen MR) is 108 cm³/mol. The average Bonchev–Trinajstić information content (AvgIpc) is 2.72. The van der Waals surface area contributed by atoms with Crippen LogP contribution in [0, 0.1) is 0 Å². The Labute approximate surface area is 167 Å². The van der Waals surface area contributed by atoms with E-state index in [4.69, 9.17) is 21.1 Å². The molecule has 1 aromatic heterocycles. The monoisotopic (exact) mass is 398 g/mol. The van der Waals surface area contributed by atoms with Crippen LogP contribution in [-0.2, 0) is 0 Å². The van der Waals surface area contributed by atoms with E-state index in [0.29, 0.717) is 29.7 Å². The Hall–Kier alpha value is -3.32. The first-order chi connectivity index (χ1) is 13.6. The fraction of sp³-hybridized carbons (Fsp3) is 0.150. The van der Waals surface area contributed by atoms with Crippen LogP contribution in [0.25, 0.3) is 0 Å². The number of nitrogens with zero attached hydrogens (tertiary/aromatic N) is 2. The Morgan fingerprint density at radius 3 is 2.50 bits per heavy atom. The molecule has 0 bridgehead atoms. The molecule has 0 aliphatic carbocycles. The molecule has 28 heavy (non-hydrogen) atoms. The van der Waals surface area contributed by atoms with Crippen LogP contribution < -0.4 is 20.1 Å². The Morgan fingerprint density at radius 2 is 1.82 bits per heavy atom. The van der Waals surface area contributed by atoms with Crippen molar-refractivity contribution in [1.29, 1.82) is 0 Å². The van der Waals surface area contributed by atoms with Crippen LogP contribution in [0.1, 0.15) is 10.5 Å². The summed E-state index contributed by atoms with van der Waals surface area (Å²) >= 11 is 5.90. The number of anilines is 2. The molecule has 0 radical (unpaired) electrons. The zero-order valence-electron chi connectivity index (χ0n) is 15.2. The molecule has 7 nitrogen and oxygen atoms in total. The number of amides is 1. The highest BCUT2D eigenvalue weighted by atomic mass is 35.5. The van der Waals surface area contributed by atoms with Crippen molar-refractivity contribution < 1.29 is 14.3 Å². The number of carbonyl (C=O) groups is 1. The molecule has 0 saturated carbocycles. The third-order valence-corrected chi connectivity index (χ3v) is 3.95. The second kappa shape index (κ2) is 9.57. The number of benzene rings is 2. The number of rotatable bonds is 8. The van der Waals surface area contributed by atoms with E-state index in [1.807, 2.05) is 24.3 Å². The number of ether oxygens (including phenoxy) is 2. The van der Waals surface area contributed by atoms with Gasteiger partial charge in [0.1, 0.15) is 23.9 Å². The van der Waals surface area contributed by atoms with Crippen molar-refractivity contribution in [3.63, 3.8) is 0 Å². The van der Waals surface area contributed by atoms with E-state index in [2.05, 4.69) is 20.8 Å². The van der Waals surface area contributed by atoms with Crippen molar-refractivity contribution in [2.75, 3.05) is 30.9 Å². The van der Waals surface area contributed by atoms with Crippen LogP contribution >= 0.6 is 11.6 Å². The lowest BCUT2D eigenvalue weighted by Crippen LogP contribution is -2.16. The summed E-state index contributed by atoms with van der Waals surface area (Å²) in [7, 11) is 1.62. The summed E-state index contributed by atoms with van der Waals surface area (Å²) in [5, 5.41) is 14.3. The van der Waals surface area contributed by atoms with Crippen LogP contribution in [0.15, 0.2) is 60.7 Å². The average molecular weight is 399 g/mol. The first-order valence-electron chi connectivity index (χ1n) is 8.55. The Balaban J connectivity index is 1.45. The van der Waals surface area contributed by atoms with Crippen molar-refractivity contribution in [2.45, 2.75) is 0 Å². The Bertz CT molecular complexity index is 917. The lowest BCUT2D eigenvalue weighted by atomic mass is 10.3. The SMILES string of the molecule is COc1ccc(OCCNc2ccc(C(=O)Nc3cccc(Cl)c3)nn2)cc1. The second-order valence-corrected chi connectivity index (χ2v) is 6.16. The van der Waals surface area contributed by atoms with E-state index < -0.39 is 0 Å². The van der Waals surface area contributed by atoms with Crippen LogP contribution in [0.5, 0.6) is 11.5 Å². The number of hydrogen-bond donors (Lipinski definition) is 2. The summed E-state index contributed by atoms with van der Waals surface area (Å²) in [6.07, 6.45) is 0. The third kappa shape index (κ3) is 5.59. The fourth-order valence-electron chi connectivity index (χ4n) is 2.33. The topological polar surface area (TPSA) is 85.4 Å². The number of aromatic nitrogens is 2. The van der Waals surface area contributed by atoms with Gasteiger partial charge in [0.25, 0.3) is 5.91 Å². The fourth-order valence-corrected chi connectivity index (χ4v) is 2.52. The van der Waals surface area contributed by atoms with Gasteiger partial charge in [-0.15, -0.1) is 10.2 Å². The van der Waals surface area contributed by atoms with Crippen molar-refractivity contribution >= 4 is 29.0 Å². The first-order valence-corrected chi connectivity index (χ1v) is 8.93. The molecular weight excluding hydrogens is 380 g/mol. The number of nitrogens with one attached hydrogen (secondary N) is 2. The van der Waals surface area contributed by atoms with Gasteiger partial charge in [-0.1, -0.05) is 17.7 Å². The van der Waals surface area contributed by atoms with Crippen molar-refractivity contribution in [3.05, 3.63) is 71.4 Å². The summed E-state index contributed by atoms with van der Waals surface area (Å²) in [4.78, 5) is 12.2. The highest BCUT2D eigenvalue weighted by molar-refractivity contribution is 6.30. The zero-order chi connectivity index (χ0) is 19.8. The van der Waals surface area contributed by atoms with E-state index in [-0.39, 0.29) is 11.6 Å². The molecule has 0 aliphatic heterocycles. The number of halogens is 1. The molecule has 0 aliphatic rings. The van der Waals surface area contributed by atoms with E-state index >= 15 is 0 Å². The van der Waals surface area contributed by atoms with Crippen LogP contribution in [0.4, 0.5) is 11.5 Å². The summed E-state index contributed by atoms with van der Waals surface area (Å²) < 4.78 is 10.7. The van der Waals surface area contributed by atoms with Gasteiger partial charge in [0.2, 0.25) is 0 Å². The first kappa shape index (κ1) is 19.4. The van der Waals surface area contributed by atoms with Gasteiger partial charge in [-0.05, 0) is 54.6 Å². The molecule has 0 fully saturated rings. The minimum Gasteiger partial charge on any atom is -0.497 e. The van der Waals surface area contributed by atoms with E-state index in [1.165, 1.54) is 0 Å². The van der Waals surface area contributed by atoms with Crippen molar-refractivity contribution in [2.24, 2.45) is 0 Å². The van der Waals surface area contributed by atoms with Crippen molar-refractivity contribution in [3.8, 4) is 11.5 Å². The predicted octanol–water partition coefficient (Wildman–Crippen LogP) is 3.88. The Morgan fingerprint density at radius 1 is 1.04 bits per heavy atom. The minimum atomic E-state index is -0.357. The van der Waals surface area contributed by atoms with Crippen LogP contribution in [0.2, 0.25) is 5.02 Å². The smallest absolute Gasteiger partial charge is 0.276 e. The van der Waals surface area contributed by atoms with Gasteiger partial charge in [0.05, 0.1) is 13.7 Å². The van der Waals surface area contributed by atoms with E-state index in [9.17, 15) is 4.79 Å². The lowest BCUT2D eigenvalue weighted by Gasteiger charge is -2.09. The summed E-state index contributed by atoms with van der Waals surface area (Å²) in [5.74, 6) is 1.73. The largest absolute Gasteiger partial charge is 0.497 e. The summed E-state index contributed by atoms with van der Waals surface area (Å²) in [6.45, 7) is 0.986. The Kier molecular flexibility index (Phi) is 6.64. The van der Waals surface area contributed by atoms with Gasteiger partial charge in [0.15, 0.2) is 5.69 Å². The van der Waals surface area contributed by atoms with Gasteiger partial charge in [-0.3, -0.25) is 4.79 Å². The van der Waals surface area contributed by atoms with Crippen LogP contribution in [0.3, 0.4) is 0 Å². The molecule has 0 saturated heterocycles. The molecule has 2 N–H and O–H groups in total. The quantitative estimate of drug-likeness (QED) is 0.560. The molecule has 8 heteroatoms. The molecule has 2 aromatic carbocycles. The molecule has 0 spiro atoms. The molecule has 3 rings (SSSR count). The normalized spacial score (nSPS) is 10.2. The van der Waals surface area contributed by atoms with Crippen molar-refractivity contribution in [1.82, 2.24) is 10.2 Å². The molecule has 3 aromatic rings. The maximum Gasteiger partial charge on any atom is 0.276 e. The molecule has 0 unspecified atom stereocenters. The molecule has 144 valence electrons. The lowest BCUT2D eigenvalue weighted by molar-refractivity contribution is 0.102. The zero-order valence-corrected chi connectivity index (χ0v) is 15.9. The number of hydrogen-bond acceptors (Lipinski definition) is 6. The standard InChI is InChI=1S/C20H19ClN4O3/c1-27-16-5-7-17(8-6-16)28-12-11-22-19-10-9-18(24-25-19)20(26)23-15-4-2-3-14(21)13-15/h2-10,13H,11-12H2,1H3,(H,22,25)(H,23,26). The third-order valence-electron chi connectivity index (χ3n) is 3.72. The van der Waals surface area contributed by atoms with E-state index in [0.717, 1.165) is 11.5 Å². The highest BCUT2D eigenvalue weighted by Gasteiger charge is 2.09. The maximum absolute atomic E-state index is 12.2. The van der Waals surface area contributed by atoms with Gasteiger partial charge in [0, 0.05) is 10.7 Å². The van der Waals surface area contributed by atoms with Gasteiger partial charge in [-0.25, -0.2) is 0 Å². The highest BCUT2D eigenvalue weighted by Crippen LogP contribution is 2.17. The molecule has 0 atom stereocenters. The maximum atomic E-state index is 12.2. The van der Waals surface area contributed by atoms with Crippen LogP contribution in [-0.4, -0.2) is 36.4 Å². The van der Waals surface area contributed by atoms with E-state index in [1.54, 1.807) is 43.5 Å². The molecule has 1 heterocycles. The van der Waals surface area contributed by atoms with Gasteiger partial charge in [-0.2, -0.15) is 0 Å². The van der Waals surface area contributed by atoms with Gasteiger partial charge < -0.3 is 20.1 Å². The molecule has 1 amide bonds. The second-order valence-electron chi connectivity index (χ2n) is 5.72. The minimum absolute atomic E-state index is 0.208. The van der Waals surface area contributed by atoms with Gasteiger partial charge >= 0.3 is 0 Å². The summed E-state index contributed by atoms with van der Waals surface area (Å²) in [5.41, 5.74) is 0.803. The molecular formula is C20H19ClN4O3. The number of methoxy groups -OCH3 is 1. The number of carbonyl (C=O) groups excluding carboxylic acids is 1. The summed E-state index contributed by atoms with van der Waals surface area (Å²) in [6, 6.07) is 17.5.